The summed E-state index contributed by atoms with van der Waals surface area (Å²) >= 11 is 0. The first-order valence-corrected chi connectivity index (χ1v) is 12.5. The minimum absolute atomic E-state index is 0.151. The monoisotopic (exact) mass is 476 g/mol. The Balaban J connectivity index is 1.78. The normalized spacial score (nSPS) is 15.2. The first kappa shape index (κ1) is 24.4. The van der Waals surface area contributed by atoms with Crippen LogP contribution in [0.5, 0.6) is 5.75 Å². The molecule has 0 aliphatic carbocycles. The summed E-state index contributed by atoms with van der Waals surface area (Å²) < 4.78 is 35.8. The molecule has 33 heavy (non-hydrogen) atoms. The summed E-state index contributed by atoms with van der Waals surface area (Å²) in [6.07, 6.45) is 3.08. The Morgan fingerprint density at radius 1 is 1.21 bits per heavy atom. The lowest BCUT2D eigenvalue weighted by molar-refractivity contribution is 0.0515. The highest BCUT2D eigenvalue weighted by molar-refractivity contribution is 7.90. The molecule has 0 saturated carbocycles. The van der Waals surface area contributed by atoms with Crippen LogP contribution in [0.4, 0.5) is 4.79 Å². The van der Waals surface area contributed by atoms with Gasteiger partial charge in [-0.3, -0.25) is 9.79 Å². The highest BCUT2D eigenvalue weighted by Gasteiger charge is 2.26. The van der Waals surface area contributed by atoms with Crippen molar-refractivity contribution in [1.29, 1.82) is 0 Å². The molecule has 0 spiro atoms. The molecule has 1 aromatic heterocycles. The van der Waals surface area contributed by atoms with Crippen molar-refractivity contribution >= 4 is 22.1 Å². The van der Waals surface area contributed by atoms with Crippen LogP contribution in [0.25, 0.3) is 5.69 Å². The molecule has 2 heterocycles. The smallest absolute Gasteiger partial charge is 0.410 e. The first-order valence-electron chi connectivity index (χ1n) is 10.6. The molecule has 1 aliphatic heterocycles. The first-order chi connectivity index (χ1) is 15.6. The van der Waals surface area contributed by atoms with Crippen molar-refractivity contribution in [1.82, 2.24) is 14.7 Å². The molecule has 0 N–H and O–H groups in total. The van der Waals surface area contributed by atoms with Gasteiger partial charge in [0.25, 0.3) is 5.56 Å². The van der Waals surface area contributed by atoms with E-state index < -0.39 is 15.4 Å². The predicted molar refractivity (Wildman–Crippen MR) is 123 cm³/mol. The van der Waals surface area contributed by atoms with Gasteiger partial charge in [0.05, 0.1) is 22.9 Å². The fourth-order valence-electron chi connectivity index (χ4n) is 3.39. The predicted octanol–water partition coefficient (Wildman–Crippen LogP) is 2.07. The molecule has 178 valence electrons. The van der Waals surface area contributed by atoms with E-state index in [9.17, 15) is 18.0 Å². The Labute approximate surface area is 192 Å². The summed E-state index contributed by atoms with van der Waals surface area (Å²) in [5.41, 5.74) is 0.357. The molecule has 1 amide bonds. The second-order valence-corrected chi connectivity index (χ2v) is 10.0. The number of likely N-dealkylation sites (tertiary alicyclic amines) is 1. The zero-order valence-electron chi connectivity index (χ0n) is 19.1. The fraction of sp³-hybridized carbons (Fsp3) is 0.455. The lowest BCUT2D eigenvalue weighted by Crippen LogP contribution is -2.42. The second kappa shape index (κ2) is 10.2. The van der Waals surface area contributed by atoms with Gasteiger partial charge < -0.3 is 14.4 Å². The van der Waals surface area contributed by atoms with Crippen molar-refractivity contribution < 1.29 is 22.7 Å². The van der Waals surface area contributed by atoms with E-state index >= 15 is 0 Å². The third-order valence-electron chi connectivity index (χ3n) is 5.01. The summed E-state index contributed by atoms with van der Waals surface area (Å²) in [5.74, 6) is 0.304. The van der Waals surface area contributed by atoms with Crippen LogP contribution in [0, 0.1) is 0 Å². The highest BCUT2D eigenvalue weighted by Crippen LogP contribution is 2.21. The van der Waals surface area contributed by atoms with Crippen molar-refractivity contribution in [2.24, 2.45) is 4.99 Å². The standard InChI is InChI=1S/C22H28N4O6S/c1-15(2)31-22(28)25-11-9-17(10-12-25)32-20-13-21(27)26(24-19(20)14-23-3)16-5-7-18(8-6-16)33(4,29)30/h5-8,13-15,17H,9-12H2,1-4H3. The average Bonchev–Trinajstić information content (AvgIpc) is 2.75. The van der Waals surface area contributed by atoms with E-state index in [-0.39, 0.29) is 23.2 Å². The number of ether oxygens (including phenoxy) is 2. The number of aromatic nitrogens is 2. The van der Waals surface area contributed by atoms with Crippen LogP contribution < -0.4 is 10.3 Å². The van der Waals surface area contributed by atoms with Gasteiger partial charge in [0.1, 0.15) is 11.8 Å². The van der Waals surface area contributed by atoms with Gasteiger partial charge in [-0.05, 0) is 38.1 Å². The largest absolute Gasteiger partial charge is 0.488 e. The maximum absolute atomic E-state index is 12.8. The van der Waals surface area contributed by atoms with Gasteiger partial charge in [-0.25, -0.2) is 13.2 Å². The number of nitrogens with zero attached hydrogens (tertiary/aromatic N) is 4. The van der Waals surface area contributed by atoms with Crippen molar-refractivity contribution in [2.75, 3.05) is 26.4 Å². The Morgan fingerprint density at radius 2 is 1.85 bits per heavy atom. The van der Waals surface area contributed by atoms with Crippen molar-refractivity contribution in [3.63, 3.8) is 0 Å². The number of benzene rings is 1. The fourth-order valence-corrected chi connectivity index (χ4v) is 4.02. The maximum atomic E-state index is 12.8. The molecule has 1 aliphatic rings. The molecule has 1 saturated heterocycles. The van der Waals surface area contributed by atoms with Gasteiger partial charge in [-0.2, -0.15) is 9.78 Å². The molecule has 10 nitrogen and oxygen atoms in total. The molecule has 2 aromatic rings. The minimum Gasteiger partial charge on any atom is -0.488 e. The number of hydrogen-bond donors (Lipinski definition) is 0. The van der Waals surface area contributed by atoms with E-state index in [1.165, 1.54) is 41.2 Å². The van der Waals surface area contributed by atoms with Gasteiger partial charge in [-0.1, -0.05) is 0 Å². The van der Waals surface area contributed by atoms with Gasteiger partial charge in [-0.15, -0.1) is 0 Å². The van der Waals surface area contributed by atoms with Gasteiger partial charge in [0.15, 0.2) is 15.6 Å². The molecule has 3 rings (SSSR count). The third-order valence-corrected chi connectivity index (χ3v) is 6.14. The summed E-state index contributed by atoms with van der Waals surface area (Å²) in [6, 6.07) is 7.23. The summed E-state index contributed by atoms with van der Waals surface area (Å²) in [5, 5.41) is 4.36. The van der Waals surface area contributed by atoms with Gasteiger partial charge in [0, 0.05) is 45.3 Å². The Hall–Kier alpha value is -3.21. The van der Waals surface area contributed by atoms with E-state index in [1.807, 2.05) is 0 Å². The highest BCUT2D eigenvalue weighted by atomic mass is 32.2. The Bertz CT molecular complexity index is 1180. The third kappa shape index (κ3) is 6.19. The number of aliphatic imine (C=N–C) groups is 1. The number of sulfone groups is 1. The van der Waals surface area contributed by atoms with E-state index in [0.717, 1.165) is 6.26 Å². The van der Waals surface area contributed by atoms with Crippen LogP contribution in [-0.2, 0) is 14.6 Å². The van der Waals surface area contributed by atoms with E-state index in [1.54, 1.807) is 25.8 Å². The van der Waals surface area contributed by atoms with Crippen LogP contribution in [0.2, 0.25) is 0 Å². The van der Waals surface area contributed by atoms with Crippen LogP contribution in [-0.4, -0.2) is 74.0 Å². The zero-order valence-corrected chi connectivity index (χ0v) is 19.9. The number of hydrogen-bond acceptors (Lipinski definition) is 8. The molecular formula is C22H28N4O6S. The second-order valence-electron chi connectivity index (χ2n) is 8.03. The quantitative estimate of drug-likeness (QED) is 0.585. The van der Waals surface area contributed by atoms with E-state index in [2.05, 4.69) is 10.1 Å². The summed E-state index contributed by atoms with van der Waals surface area (Å²) in [4.78, 5) is 30.6. The van der Waals surface area contributed by atoms with Crippen LogP contribution in [0.1, 0.15) is 32.4 Å². The molecule has 0 bridgehead atoms. The van der Waals surface area contributed by atoms with Crippen molar-refractivity contribution in [3.05, 3.63) is 46.4 Å². The maximum Gasteiger partial charge on any atom is 0.410 e. The lowest BCUT2D eigenvalue weighted by atomic mass is 10.1. The van der Waals surface area contributed by atoms with Crippen molar-refractivity contribution in [3.8, 4) is 11.4 Å². The number of carbonyl (C=O) groups is 1. The SMILES string of the molecule is CN=Cc1nn(-c2ccc(S(C)(=O)=O)cc2)c(=O)cc1OC1CCN(C(=O)OC(C)C)CC1. The molecule has 1 fully saturated rings. The van der Waals surface area contributed by atoms with Crippen LogP contribution in [0.3, 0.4) is 0 Å². The molecule has 0 atom stereocenters. The zero-order chi connectivity index (χ0) is 24.2. The van der Waals surface area contributed by atoms with Crippen molar-refractivity contribution in [2.45, 2.75) is 43.8 Å². The summed E-state index contributed by atoms with van der Waals surface area (Å²) in [7, 11) is -1.76. The average molecular weight is 477 g/mol. The van der Waals surface area contributed by atoms with E-state index in [0.29, 0.717) is 43.1 Å². The van der Waals surface area contributed by atoms with Crippen LogP contribution >= 0.6 is 0 Å². The number of piperidine rings is 1. The number of carbonyl (C=O) groups excluding carboxylic acids is 1. The topological polar surface area (TPSA) is 120 Å². The molecule has 0 unspecified atom stereocenters. The molecule has 0 radical (unpaired) electrons. The Kier molecular flexibility index (Phi) is 7.52. The molecule has 1 aromatic carbocycles. The van der Waals surface area contributed by atoms with Gasteiger partial charge >= 0.3 is 6.09 Å². The van der Waals surface area contributed by atoms with Crippen LogP contribution in [0.15, 0.2) is 45.0 Å². The summed E-state index contributed by atoms with van der Waals surface area (Å²) in [6.45, 7) is 4.59. The van der Waals surface area contributed by atoms with E-state index in [4.69, 9.17) is 9.47 Å². The Morgan fingerprint density at radius 3 is 2.39 bits per heavy atom. The number of rotatable bonds is 6. The molecule has 11 heteroatoms. The minimum atomic E-state index is -3.35. The number of amides is 1. The lowest BCUT2D eigenvalue weighted by Gasteiger charge is -2.32. The van der Waals surface area contributed by atoms with Gasteiger partial charge in [0.2, 0.25) is 0 Å². The molecular weight excluding hydrogens is 448 g/mol.